The largest absolute Gasteiger partial charge is 0.324 e. The Bertz CT molecular complexity index is 2670. The number of carbonyl (C=O) groups excluding carboxylic acids is 6. The molecule has 0 saturated heterocycles. The second-order valence-electron chi connectivity index (χ2n) is 13.5. The third kappa shape index (κ3) is 14.0. The second-order valence-corrected chi connectivity index (χ2v) is 16.7. The normalized spacial score (nSPS) is 12.7. The summed E-state index contributed by atoms with van der Waals surface area (Å²) < 4.78 is 0. The average Bonchev–Trinajstić information content (AvgIpc) is 3.17. The van der Waals surface area contributed by atoms with Gasteiger partial charge in [-0.3, -0.25) is 28.8 Å². The van der Waals surface area contributed by atoms with E-state index < -0.39 is 52.7 Å². The number of halogens is 7. The zero-order valence-electron chi connectivity index (χ0n) is 32.8. The van der Waals surface area contributed by atoms with Gasteiger partial charge in [0, 0.05) is 64.0 Å². The molecule has 0 saturated carbocycles. The lowest BCUT2D eigenvalue weighted by atomic mass is 10.1. The van der Waals surface area contributed by atoms with E-state index in [4.69, 9.17) is 81.2 Å². The molecule has 63 heavy (non-hydrogen) atoms. The first-order valence-corrected chi connectivity index (χ1v) is 20.8. The first-order chi connectivity index (χ1) is 29.7. The van der Waals surface area contributed by atoms with E-state index in [-0.39, 0.29) is 43.9 Å². The van der Waals surface area contributed by atoms with Crippen molar-refractivity contribution < 1.29 is 28.8 Å². The van der Waals surface area contributed by atoms with Crippen molar-refractivity contribution in [2.75, 3.05) is 21.3 Å². The molecule has 0 heterocycles. The number of Topliss-reactive ketones (excluding diaryl/α,β-unsaturated/α-hetero) is 2. The van der Waals surface area contributed by atoms with Gasteiger partial charge in [0.2, 0.25) is 12.1 Å². The van der Waals surface area contributed by atoms with Crippen LogP contribution in [0.2, 0.25) is 30.1 Å². The molecule has 0 radical (unpaired) electrons. The molecule has 4 N–H and O–H groups in total. The van der Waals surface area contributed by atoms with Gasteiger partial charge in [0.15, 0.2) is 11.6 Å². The fourth-order valence-electron chi connectivity index (χ4n) is 5.57. The first-order valence-electron chi connectivity index (χ1n) is 18.1. The number of nitrogens with zero attached hydrogens (tertiary/aromatic N) is 4. The minimum atomic E-state index is -1.64. The predicted molar refractivity (Wildman–Crippen MR) is 248 cm³/mol. The second kappa shape index (κ2) is 21.8. The highest BCUT2D eigenvalue weighted by molar-refractivity contribution is 6.36. The molecule has 5 rings (SSSR count). The topological polar surface area (TPSA) is 200 Å². The van der Waals surface area contributed by atoms with Gasteiger partial charge in [-0.2, -0.15) is 20.5 Å². The number of azo groups is 2. The number of nitrogens with one attached hydrogen (secondary N) is 4. The van der Waals surface area contributed by atoms with Gasteiger partial charge in [-0.05, 0) is 117 Å². The van der Waals surface area contributed by atoms with Crippen molar-refractivity contribution in [3.05, 3.63) is 138 Å². The van der Waals surface area contributed by atoms with Crippen molar-refractivity contribution in [3.63, 3.8) is 0 Å². The predicted octanol–water partition coefficient (Wildman–Crippen LogP) is 12.8. The summed E-state index contributed by atoms with van der Waals surface area (Å²) in [6, 6.07) is 18.2. The van der Waals surface area contributed by atoms with E-state index in [9.17, 15) is 28.8 Å². The molecule has 0 fully saturated rings. The van der Waals surface area contributed by atoms with E-state index in [1.165, 1.54) is 91.0 Å². The average molecular weight is 992 g/mol. The molecule has 3 unspecified atom stereocenters. The minimum Gasteiger partial charge on any atom is -0.324 e. The summed E-state index contributed by atoms with van der Waals surface area (Å²) in [5.74, 6) is -4.20. The van der Waals surface area contributed by atoms with Gasteiger partial charge in [-0.25, -0.2) is 0 Å². The molecule has 3 atom stereocenters. The third-order valence-corrected chi connectivity index (χ3v) is 9.92. The Morgan fingerprint density at radius 2 is 0.873 bits per heavy atom. The highest BCUT2D eigenvalue weighted by atomic mass is 35.5. The van der Waals surface area contributed by atoms with Crippen LogP contribution >= 0.6 is 81.2 Å². The number of rotatable bonds is 15. The monoisotopic (exact) mass is 988 g/mol. The molecule has 5 aromatic rings. The first kappa shape index (κ1) is 48.6. The Balaban J connectivity index is 1.28. The molecule has 0 aliphatic carbocycles. The number of carbonyl (C=O) groups is 6. The number of hydrogen-bond acceptors (Lipinski definition) is 10. The fourth-order valence-corrected chi connectivity index (χ4v) is 7.26. The zero-order valence-corrected chi connectivity index (χ0v) is 38.1. The van der Waals surface area contributed by atoms with Gasteiger partial charge in [0.05, 0.1) is 16.8 Å². The lowest BCUT2D eigenvalue weighted by Gasteiger charge is -2.17. The Hall–Kier alpha value is -5.45. The number of anilines is 4. The van der Waals surface area contributed by atoms with E-state index >= 15 is 0 Å². The van der Waals surface area contributed by atoms with Crippen LogP contribution in [0.3, 0.4) is 0 Å². The molecule has 0 bridgehead atoms. The molecule has 4 amide bonds. The summed E-state index contributed by atoms with van der Waals surface area (Å²) >= 11 is 43.1. The smallest absolute Gasteiger partial charge is 0.258 e. The SMILES string of the molecule is CC(=O)C(N=Nc1cc(Cl)cc(C(=O)Nc2cc(Cl)cc(Cl)c2)c1)C(=O)Nc1ccc(NC(=O)C(N=Nc2cc(Cl)cc(C(=O)Nc3cc(Cl)cc(Cl)c3)c2)C(C)=O)c(C(C)Cl)c1. The Labute approximate surface area is 394 Å². The van der Waals surface area contributed by atoms with Crippen molar-refractivity contribution in [1.82, 2.24) is 0 Å². The molecular weight excluding hydrogens is 961 g/mol. The Morgan fingerprint density at radius 3 is 1.27 bits per heavy atom. The highest BCUT2D eigenvalue weighted by Gasteiger charge is 2.27. The minimum absolute atomic E-state index is 0.0649. The lowest BCUT2D eigenvalue weighted by molar-refractivity contribution is -0.127. The van der Waals surface area contributed by atoms with Gasteiger partial charge in [0.1, 0.15) is 0 Å². The molecule has 0 spiro atoms. The van der Waals surface area contributed by atoms with E-state index in [0.717, 1.165) is 13.8 Å². The van der Waals surface area contributed by atoms with Crippen molar-refractivity contribution in [2.24, 2.45) is 20.5 Å². The van der Waals surface area contributed by atoms with Crippen LogP contribution in [0.5, 0.6) is 0 Å². The van der Waals surface area contributed by atoms with Gasteiger partial charge < -0.3 is 21.3 Å². The van der Waals surface area contributed by atoms with Crippen molar-refractivity contribution in [3.8, 4) is 0 Å². The summed E-state index contributed by atoms with van der Waals surface area (Å²) in [4.78, 5) is 78.0. The van der Waals surface area contributed by atoms with Crippen molar-refractivity contribution >= 4 is 151 Å². The van der Waals surface area contributed by atoms with Crippen LogP contribution in [-0.4, -0.2) is 47.3 Å². The van der Waals surface area contributed by atoms with Crippen LogP contribution in [0.15, 0.2) is 111 Å². The van der Waals surface area contributed by atoms with Crippen LogP contribution < -0.4 is 21.3 Å². The van der Waals surface area contributed by atoms with Gasteiger partial charge in [0.25, 0.3) is 23.6 Å². The summed E-state index contributed by atoms with van der Waals surface area (Å²) in [6.45, 7) is 3.89. The molecule has 324 valence electrons. The fraction of sp³-hybridized carbons (Fsp3) is 0.143. The van der Waals surface area contributed by atoms with Crippen LogP contribution in [-0.2, 0) is 19.2 Å². The number of ketones is 2. The zero-order chi connectivity index (χ0) is 46.1. The molecule has 14 nitrogen and oxygen atoms in total. The maximum absolute atomic E-state index is 13.4. The van der Waals surface area contributed by atoms with E-state index in [0.29, 0.717) is 37.0 Å². The summed E-state index contributed by atoms with van der Waals surface area (Å²) in [7, 11) is 0. The van der Waals surface area contributed by atoms with Crippen molar-refractivity contribution in [2.45, 2.75) is 38.2 Å². The molecule has 0 aromatic heterocycles. The summed E-state index contributed by atoms with van der Waals surface area (Å²) in [5, 5.41) is 27.2. The van der Waals surface area contributed by atoms with Gasteiger partial charge in [-0.15, -0.1) is 11.6 Å². The van der Waals surface area contributed by atoms with E-state index in [1.807, 2.05) is 0 Å². The maximum Gasteiger partial charge on any atom is 0.258 e. The molecule has 21 heteroatoms. The Morgan fingerprint density at radius 1 is 0.476 bits per heavy atom. The van der Waals surface area contributed by atoms with Crippen molar-refractivity contribution in [1.29, 1.82) is 0 Å². The quantitative estimate of drug-likeness (QED) is 0.0457. The van der Waals surface area contributed by atoms with Crippen LogP contribution in [0.25, 0.3) is 0 Å². The van der Waals surface area contributed by atoms with Crippen LogP contribution in [0, 0.1) is 0 Å². The standard InChI is InChI=1S/C42H31Cl7N8O6/c1-19(43)35-18-30(50-41(62)37(20(2)58)56-54-33-8-22(6-24(44)16-33)39(60)51-31-12-26(46)10-27(47)13-31)4-5-36(35)53-42(63)38(21(3)59)57-55-34-9-23(7-25(45)17-34)40(61)52-32-14-28(48)11-29(49)15-32/h4-19,37-38H,1-3H3,(H,50,62)(H,51,60)(H,52,61)(H,53,63). The highest BCUT2D eigenvalue weighted by Crippen LogP contribution is 2.32. The molecule has 0 aliphatic heterocycles. The molecule has 5 aromatic carbocycles. The maximum atomic E-state index is 13.4. The number of hydrogen-bond donors (Lipinski definition) is 4. The van der Waals surface area contributed by atoms with Crippen LogP contribution in [0.4, 0.5) is 34.1 Å². The number of amides is 4. The summed E-state index contributed by atoms with van der Waals surface area (Å²) in [5.41, 5.74) is 1.62. The number of benzene rings is 5. The Kier molecular flexibility index (Phi) is 16.8. The van der Waals surface area contributed by atoms with E-state index in [1.54, 1.807) is 6.92 Å². The summed E-state index contributed by atoms with van der Waals surface area (Å²) in [6.07, 6.45) is 0. The third-order valence-electron chi connectivity index (χ3n) is 8.38. The number of alkyl halides is 1. The van der Waals surface area contributed by atoms with Crippen LogP contribution in [0.1, 0.15) is 52.4 Å². The van der Waals surface area contributed by atoms with Gasteiger partial charge in [-0.1, -0.05) is 69.6 Å². The van der Waals surface area contributed by atoms with E-state index in [2.05, 4.69) is 41.7 Å². The lowest BCUT2D eigenvalue weighted by Crippen LogP contribution is -2.32. The van der Waals surface area contributed by atoms with Gasteiger partial charge >= 0.3 is 0 Å². The molecule has 0 aliphatic rings. The molecular formula is C42H31Cl7N8O6.